The molecule has 0 spiro atoms. The number of hydrogen-bond donors (Lipinski definition) is 0. The average molecular weight is 265 g/mol. The first-order chi connectivity index (χ1) is 8.95. The van der Waals surface area contributed by atoms with E-state index in [1.54, 1.807) is 32.4 Å². The molecule has 0 aliphatic heterocycles. The largest absolute Gasteiger partial charge is 0.469 e. The van der Waals surface area contributed by atoms with Gasteiger partial charge in [-0.15, -0.1) is 0 Å². The summed E-state index contributed by atoms with van der Waals surface area (Å²) in [6, 6.07) is 3.50. The highest BCUT2D eigenvalue weighted by atomic mass is 16.5. The van der Waals surface area contributed by atoms with E-state index in [4.69, 9.17) is 0 Å². The van der Waals surface area contributed by atoms with Crippen molar-refractivity contribution in [1.29, 1.82) is 0 Å². The van der Waals surface area contributed by atoms with Gasteiger partial charge >= 0.3 is 5.97 Å². The van der Waals surface area contributed by atoms with E-state index in [9.17, 15) is 9.59 Å². The lowest BCUT2D eigenvalue weighted by Gasteiger charge is -2.19. The zero-order chi connectivity index (χ0) is 14.4. The third-order valence-corrected chi connectivity index (χ3v) is 2.69. The molecule has 0 bridgehead atoms. The van der Waals surface area contributed by atoms with Crippen molar-refractivity contribution in [2.24, 2.45) is 0 Å². The molecule has 0 N–H and O–H groups in total. The number of nitrogens with zero attached hydrogens (tertiary/aromatic N) is 3. The quantitative estimate of drug-likeness (QED) is 0.736. The van der Waals surface area contributed by atoms with Crippen molar-refractivity contribution >= 4 is 17.6 Å². The molecule has 0 aliphatic carbocycles. The number of esters is 1. The molecule has 0 unspecified atom stereocenters. The summed E-state index contributed by atoms with van der Waals surface area (Å²) in [5.41, 5.74) is 1.22. The number of rotatable bonds is 5. The van der Waals surface area contributed by atoms with Crippen molar-refractivity contribution in [2.75, 3.05) is 39.7 Å². The number of ether oxygens (including phenoxy) is 1. The second kappa shape index (κ2) is 6.72. The van der Waals surface area contributed by atoms with Crippen molar-refractivity contribution in [3.05, 3.63) is 24.0 Å². The maximum absolute atomic E-state index is 11.8. The molecular formula is C13H19N3O3. The fraction of sp³-hybridized carbons (Fsp3) is 0.462. The van der Waals surface area contributed by atoms with E-state index in [0.29, 0.717) is 18.7 Å². The fourth-order valence-corrected chi connectivity index (χ4v) is 1.49. The number of aromatic nitrogens is 1. The van der Waals surface area contributed by atoms with Crippen LogP contribution >= 0.6 is 0 Å². The van der Waals surface area contributed by atoms with Gasteiger partial charge in [-0.05, 0) is 12.1 Å². The number of hydrogen-bond acceptors (Lipinski definition) is 5. The van der Waals surface area contributed by atoms with E-state index >= 15 is 0 Å². The molecule has 1 heterocycles. The minimum absolute atomic E-state index is 0.150. The Hall–Kier alpha value is -2.11. The maximum atomic E-state index is 11.8. The highest BCUT2D eigenvalue weighted by Crippen LogP contribution is 2.14. The van der Waals surface area contributed by atoms with E-state index in [1.807, 2.05) is 11.9 Å². The van der Waals surface area contributed by atoms with E-state index in [-0.39, 0.29) is 11.9 Å². The van der Waals surface area contributed by atoms with Gasteiger partial charge in [0, 0.05) is 39.6 Å². The fourth-order valence-electron chi connectivity index (χ4n) is 1.49. The van der Waals surface area contributed by atoms with Gasteiger partial charge in [-0.2, -0.15) is 0 Å². The van der Waals surface area contributed by atoms with Crippen LogP contribution in [-0.2, 0) is 9.53 Å². The summed E-state index contributed by atoms with van der Waals surface area (Å²) in [6.07, 6.45) is 1.88. The SMILES string of the molecule is COC(=O)CCN(C)c1ccnc(C(=O)N(C)C)c1. The molecule has 0 aliphatic rings. The van der Waals surface area contributed by atoms with Gasteiger partial charge in [0.15, 0.2) is 0 Å². The molecule has 104 valence electrons. The number of pyridine rings is 1. The van der Waals surface area contributed by atoms with Crippen molar-refractivity contribution in [2.45, 2.75) is 6.42 Å². The number of anilines is 1. The molecule has 0 aromatic carbocycles. The molecular weight excluding hydrogens is 246 g/mol. The topological polar surface area (TPSA) is 62.7 Å². The standard InChI is InChI=1S/C13H19N3O3/c1-15(2)13(18)11-9-10(5-7-14-11)16(3)8-6-12(17)19-4/h5,7,9H,6,8H2,1-4H3. The summed E-state index contributed by atoms with van der Waals surface area (Å²) >= 11 is 0. The number of methoxy groups -OCH3 is 1. The van der Waals surface area contributed by atoms with Gasteiger partial charge in [-0.1, -0.05) is 0 Å². The number of carbonyl (C=O) groups is 2. The predicted molar refractivity (Wildman–Crippen MR) is 72.2 cm³/mol. The highest BCUT2D eigenvalue weighted by Gasteiger charge is 2.12. The molecule has 1 aromatic rings. The Morgan fingerprint density at radius 3 is 2.58 bits per heavy atom. The average Bonchev–Trinajstić information content (AvgIpc) is 2.43. The van der Waals surface area contributed by atoms with Crippen LogP contribution in [0.2, 0.25) is 0 Å². The van der Waals surface area contributed by atoms with Crippen molar-refractivity contribution < 1.29 is 14.3 Å². The van der Waals surface area contributed by atoms with Crippen LogP contribution in [0.5, 0.6) is 0 Å². The van der Waals surface area contributed by atoms with Crippen molar-refractivity contribution in [3.8, 4) is 0 Å². The predicted octanol–water partition coefficient (Wildman–Crippen LogP) is 0.783. The lowest BCUT2D eigenvalue weighted by atomic mass is 10.2. The van der Waals surface area contributed by atoms with Crippen LogP contribution in [0.15, 0.2) is 18.3 Å². The van der Waals surface area contributed by atoms with E-state index in [1.165, 1.54) is 12.0 Å². The molecule has 6 nitrogen and oxygen atoms in total. The van der Waals surface area contributed by atoms with Crippen LogP contribution in [0.4, 0.5) is 5.69 Å². The number of amides is 1. The molecule has 0 fully saturated rings. The summed E-state index contributed by atoms with van der Waals surface area (Å²) < 4.78 is 4.59. The third-order valence-electron chi connectivity index (χ3n) is 2.69. The minimum atomic E-state index is -0.259. The lowest BCUT2D eigenvalue weighted by Crippen LogP contribution is -2.25. The summed E-state index contributed by atoms with van der Waals surface area (Å²) in [5.74, 6) is -0.409. The molecule has 0 radical (unpaired) electrons. The second-order valence-corrected chi connectivity index (χ2v) is 4.35. The van der Waals surface area contributed by atoms with Gasteiger partial charge in [0.05, 0.1) is 13.5 Å². The van der Waals surface area contributed by atoms with Crippen LogP contribution in [-0.4, -0.2) is 56.6 Å². The smallest absolute Gasteiger partial charge is 0.307 e. The van der Waals surface area contributed by atoms with E-state index in [2.05, 4.69) is 9.72 Å². The molecule has 1 amide bonds. The van der Waals surface area contributed by atoms with Crippen molar-refractivity contribution in [3.63, 3.8) is 0 Å². The van der Waals surface area contributed by atoms with Crippen LogP contribution in [0.1, 0.15) is 16.9 Å². The zero-order valence-electron chi connectivity index (χ0n) is 11.7. The Bertz CT molecular complexity index is 460. The van der Waals surface area contributed by atoms with Crippen LogP contribution in [0.25, 0.3) is 0 Å². The van der Waals surface area contributed by atoms with Gasteiger partial charge < -0.3 is 14.5 Å². The first-order valence-corrected chi connectivity index (χ1v) is 5.91. The normalized spacial score (nSPS) is 9.89. The van der Waals surface area contributed by atoms with Gasteiger partial charge in [0.2, 0.25) is 0 Å². The Morgan fingerprint density at radius 2 is 2.00 bits per heavy atom. The Labute approximate surface area is 113 Å². The first kappa shape index (κ1) is 14.9. The van der Waals surface area contributed by atoms with Gasteiger partial charge in [-0.3, -0.25) is 14.6 Å². The Kier molecular flexibility index (Phi) is 5.29. The maximum Gasteiger partial charge on any atom is 0.307 e. The van der Waals surface area contributed by atoms with Crippen LogP contribution < -0.4 is 4.90 Å². The Balaban J connectivity index is 2.75. The summed E-state index contributed by atoms with van der Waals surface area (Å²) in [4.78, 5) is 30.3. The minimum Gasteiger partial charge on any atom is -0.469 e. The summed E-state index contributed by atoms with van der Waals surface area (Å²) in [7, 11) is 6.57. The first-order valence-electron chi connectivity index (χ1n) is 5.91. The zero-order valence-corrected chi connectivity index (χ0v) is 11.7. The third kappa shape index (κ3) is 4.24. The number of carbonyl (C=O) groups excluding carboxylic acids is 2. The molecule has 1 aromatic heterocycles. The van der Waals surface area contributed by atoms with Gasteiger partial charge in [-0.25, -0.2) is 0 Å². The highest BCUT2D eigenvalue weighted by molar-refractivity contribution is 5.92. The van der Waals surface area contributed by atoms with Gasteiger partial charge in [0.25, 0.3) is 5.91 Å². The second-order valence-electron chi connectivity index (χ2n) is 4.35. The lowest BCUT2D eigenvalue weighted by molar-refractivity contribution is -0.140. The van der Waals surface area contributed by atoms with Crippen molar-refractivity contribution in [1.82, 2.24) is 9.88 Å². The molecule has 0 saturated carbocycles. The summed E-state index contributed by atoms with van der Waals surface area (Å²) in [5, 5.41) is 0. The van der Waals surface area contributed by atoms with Crippen LogP contribution in [0.3, 0.4) is 0 Å². The van der Waals surface area contributed by atoms with Crippen LogP contribution in [0, 0.1) is 0 Å². The van der Waals surface area contributed by atoms with E-state index < -0.39 is 0 Å². The van der Waals surface area contributed by atoms with Gasteiger partial charge in [0.1, 0.15) is 5.69 Å². The molecule has 19 heavy (non-hydrogen) atoms. The molecule has 1 rings (SSSR count). The van der Waals surface area contributed by atoms with E-state index in [0.717, 1.165) is 5.69 Å². The summed E-state index contributed by atoms with van der Waals surface area (Å²) in [6.45, 7) is 0.520. The Morgan fingerprint density at radius 1 is 1.32 bits per heavy atom. The monoisotopic (exact) mass is 265 g/mol. The molecule has 0 saturated heterocycles. The molecule has 6 heteroatoms. The molecule has 0 atom stereocenters.